The Balaban J connectivity index is 1.45. The Kier molecular flexibility index (Phi) is 4.45. The van der Waals surface area contributed by atoms with Crippen molar-refractivity contribution >= 4 is 0 Å². The highest BCUT2D eigenvalue weighted by Crippen LogP contribution is 2.26. The summed E-state index contributed by atoms with van der Waals surface area (Å²) in [5.74, 6) is 2.41. The van der Waals surface area contributed by atoms with Crippen molar-refractivity contribution in [3.63, 3.8) is 0 Å². The van der Waals surface area contributed by atoms with Gasteiger partial charge in [0.25, 0.3) is 0 Å². The van der Waals surface area contributed by atoms with Gasteiger partial charge in [0.15, 0.2) is 5.82 Å². The molecule has 0 amide bonds. The number of nitrogens with zero attached hydrogens (tertiary/aromatic N) is 3. The van der Waals surface area contributed by atoms with Crippen LogP contribution in [0.1, 0.15) is 18.4 Å². The molecule has 3 aliphatic rings. The average Bonchev–Trinajstić information content (AvgIpc) is 2.98. The predicted molar refractivity (Wildman–Crippen MR) is 93.8 cm³/mol. The van der Waals surface area contributed by atoms with E-state index in [2.05, 4.69) is 20.2 Å². The van der Waals surface area contributed by atoms with Gasteiger partial charge in [-0.3, -0.25) is 4.90 Å². The lowest BCUT2D eigenvalue weighted by molar-refractivity contribution is 0.126. The van der Waals surface area contributed by atoms with Crippen molar-refractivity contribution in [2.75, 3.05) is 26.7 Å². The first-order valence-corrected chi connectivity index (χ1v) is 8.72. The number of rotatable bonds is 4. The van der Waals surface area contributed by atoms with E-state index in [1.54, 1.807) is 7.11 Å². The first-order chi connectivity index (χ1) is 11.8. The molecule has 5 rings (SSSR count). The maximum Gasteiger partial charge on any atom is 0.159 e. The number of piperidine rings is 1. The van der Waals surface area contributed by atoms with Crippen molar-refractivity contribution in [2.45, 2.75) is 25.4 Å². The molecule has 0 radical (unpaired) electrons. The molecule has 1 N–H and O–H groups in total. The summed E-state index contributed by atoms with van der Waals surface area (Å²) < 4.78 is 5.19. The average molecular weight is 324 g/mol. The second-order valence-electron chi connectivity index (χ2n) is 6.83. The largest absolute Gasteiger partial charge is 0.497 e. The van der Waals surface area contributed by atoms with Gasteiger partial charge < -0.3 is 10.1 Å². The van der Waals surface area contributed by atoms with Crippen LogP contribution >= 0.6 is 0 Å². The number of methoxy groups -OCH3 is 1. The van der Waals surface area contributed by atoms with E-state index in [1.807, 2.05) is 36.7 Å². The summed E-state index contributed by atoms with van der Waals surface area (Å²) in [5, 5.41) is 3.58. The van der Waals surface area contributed by atoms with Crippen molar-refractivity contribution in [3.8, 4) is 17.1 Å². The standard InChI is InChI=1S/C19H24N4O/c1-24-18-6-3-16(4-7-18)19-21-9-15(10-22-19)13-23-12-14-2-5-17(23)11-20-8-14/h3-4,6-7,9-10,14,17,20H,2,5,8,11-13H2,1H3/t14-,17+/m1/s1. The van der Waals surface area contributed by atoms with E-state index in [9.17, 15) is 0 Å². The van der Waals surface area contributed by atoms with E-state index in [1.165, 1.54) is 31.5 Å². The monoisotopic (exact) mass is 324 g/mol. The number of hydrogen-bond acceptors (Lipinski definition) is 5. The second kappa shape index (κ2) is 6.87. The van der Waals surface area contributed by atoms with Crippen LogP contribution in [0.25, 0.3) is 11.4 Å². The van der Waals surface area contributed by atoms with Crippen molar-refractivity contribution < 1.29 is 4.74 Å². The molecular formula is C19H24N4O. The highest BCUT2D eigenvalue weighted by Gasteiger charge is 2.31. The molecule has 4 heterocycles. The molecule has 1 aromatic heterocycles. The molecule has 3 saturated heterocycles. The molecule has 0 unspecified atom stereocenters. The van der Waals surface area contributed by atoms with E-state index in [0.29, 0.717) is 6.04 Å². The van der Waals surface area contributed by atoms with Crippen molar-refractivity contribution in [1.29, 1.82) is 0 Å². The van der Waals surface area contributed by atoms with Gasteiger partial charge in [0.2, 0.25) is 0 Å². The molecule has 5 nitrogen and oxygen atoms in total. The van der Waals surface area contributed by atoms with Crippen LogP contribution in [0, 0.1) is 5.92 Å². The Morgan fingerprint density at radius 3 is 2.67 bits per heavy atom. The predicted octanol–water partition coefficient (Wildman–Crippen LogP) is 2.34. The van der Waals surface area contributed by atoms with E-state index in [4.69, 9.17) is 4.74 Å². The number of benzene rings is 1. The zero-order valence-corrected chi connectivity index (χ0v) is 14.1. The fraction of sp³-hybridized carbons (Fsp3) is 0.474. The third kappa shape index (κ3) is 3.28. The minimum Gasteiger partial charge on any atom is -0.497 e. The lowest BCUT2D eigenvalue weighted by Gasteiger charge is -2.35. The molecule has 2 atom stereocenters. The van der Waals surface area contributed by atoms with Gasteiger partial charge in [-0.1, -0.05) is 0 Å². The summed E-state index contributed by atoms with van der Waals surface area (Å²) in [7, 11) is 1.67. The van der Waals surface area contributed by atoms with Crippen molar-refractivity contribution in [2.24, 2.45) is 5.92 Å². The Bertz CT molecular complexity index is 667. The molecule has 126 valence electrons. The SMILES string of the molecule is COc1ccc(-c2ncc(CN3C[C@@H]4CC[C@H]3CNC4)cn2)cc1. The van der Waals surface area contributed by atoms with Crippen molar-refractivity contribution in [1.82, 2.24) is 20.2 Å². The van der Waals surface area contributed by atoms with Crippen LogP contribution in [0.2, 0.25) is 0 Å². The summed E-state index contributed by atoms with van der Waals surface area (Å²) in [6, 6.07) is 8.52. The number of ether oxygens (including phenoxy) is 1. The molecule has 0 saturated carbocycles. The Morgan fingerprint density at radius 2 is 1.92 bits per heavy atom. The molecule has 24 heavy (non-hydrogen) atoms. The Hall–Kier alpha value is -1.98. The topological polar surface area (TPSA) is 50.3 Å². The third-order valence-electron chi connectivity index (χ3n) is 5.17. The van der Waals surface area contributed by atoms with Gasteiger partial charge in [-0.05, 0) is 49.6 Å². The zero-order valence-electron chi connectivity index (χ0n) is 14.1. The van der Waals surface area contributed by atoms with Gasteiger partial charge in [-0.25, -0.2) is 9.97 Å². The van der Waals surface area contributed by atoms with E-state index < -0.39 is 0 Å². The van der Waals surface area contributed by atoms with Crippen LogP contribution in [0.3, 0.4) is 0 Å². The Labute approximate surface area is 143 Å². The first kappa shape index (κ1) is 15.5. The van der Waals surface area contributed by atoms with Gasteiger partial charge in [-0.15, -0.1) is 0 Å². The molecule has 0 aliphatic carbocycles. The molecule has 3 fully saturated rings. The smallest absolute Gasteiger partial charge is 0.159 e. The molecule has 5 heteroatoms. The Morgan fingerprint density at radius 1 is 1.12 bits per heavy atom. The summed E-state index contributed by atoms with van der Waals surface area (Å²) in [6.07, 6.45) is 6.61. The number of nitrogens with one attached hydrogen (secondary N) is 1. The van der Waals surface area contributed by atoms with Gasteiger partial charge in [0.1, 0.15) is 5.75 Å². The van der Waals surface area contributed by atoms with Crippen LogP contribution in [0.15, 0.2) is 36.7 Å². The van der Waals surface area contributed by atoms with E-state index in [0.717, 1.165) is 36.1 Å². The molecule has 2 aromatic rings. The summed E-state index contributed by atoms with van der Waals surface area (Å²) >= 11 is 0. The van der Waals surface area contributed by atoms with Crippen LogP contribution < -0.4 is 10.1 Å². The lowest BCUT2D eigenvalue weighted by Crippen LogP contribution is -2.43. The third-order valence-corrected chi connectivity index (χ3v) is 5.17. The van der Waals surface area contributed by atoms with Crippen LogP contribution in [-0.4, -0.2) is 47.7 Å². The number of hydrogen-bond donors (Lipinski definition) is 1. The summed E-state index contributed by atoms with van der Waals surface area (Å²) in [4.78, 5) is 11.7. The number of fused-ring (bicyclic) bond motifs is 4. The van der Waals surface area contributed by atoms with Crippen LogP contribution in [0.4, 0.5) is 0 Å². The maximum absolute atomic E-state index is 5.19. The fourth-order valence-corrected chi connectivity index (χ4v) is 3.79. The quantitative estimate of drug-likeness (QED) is 0.935. The van der Waals surface area contributed by atoms with Crippen LogP contribution in [0.5, 0.6) is 5.75 Å². The van der Waals surface area contributed by atoms with Crippen LogP contribution in [-0.2, 0) is 6.54 Å². The summed E-state index contributed by atoms with van der Waals surface area (Å²) in [6.45, 7) is 4.42. The molecule has 0 spiro atoms. The molecule has 2 bridgehead atoms. The molecular weight excluding hydrogens is 300 g/mol. The molecule has 1 aromatic carbocycles. The van der Waals surface area contributed by atoms with Crippen molar-refractivity contribution in [3.05, 3.63) is 42.2 Å². The minimum absolute atomic E-state index is 0.657. The zero-order chi connectivity index (χ0) is 16.4. The normalized spacial score (nSPS) is 23.9. The second-order valence-corrected chi connectivity index (χ2v) is 6.83. The first-order valence-electron chi connectivity index (χ1n) is 8.72. The molecule has 3 aliphatic heterocycles. The maximum atomic E-state index is 5.19. The highest BCUT2D eigenvalue weighted by atomic mass is 16.5. The fourth-order valence-electron chi connectivity index (χ4n) is 3.79. The lowest BCUT2D eigenvalue weighted by atomic mass is 9.95. The van der Waals surface area contributed by atoms with Gasteiger partial charge in [0.05, 0.1) is 7.11 Å². The van der Waals surface area contributed by atoms with Gasteiger partial charge in [0, 0.05) is 49.2 Å². The van der Waals surface area contributed by atoms with Gasteiger partial charge >= 0.3 is 0 Å². The highest BCUT2D eigenvalue weighted by molar-refractivity contribution is 5.55. The van der Waals surface area contributed by atoms with E-state index >= 15 is 0 Å². The van der Waals surface area contributed by atoms with E-state index in [-0.39, 0.29) is 0 Å². The minimum atomic E-state index is 0.657. The number of aromatic nitrogens is 2. The van der Waals surface area contributed by atoms with Gasteiger partial charge in [-0.2, -0.15) is 0 Å². The summed E-state index contributed by atoms with van der Waals surface area (Å²) in [5.41, 5.74) is 2.21.